The Kier molecular flexibility index (Phi) is 3.85. The number of nitrogens with one attached hydrogen (secondary N) is 1. The van der Waals surface area contributed by atoms with Crippen molar-refractivity contribution in [3.63, 3.8) is 0 Å². The van der Waals surface area contributed by atoms with E-state index in [4.69, 9.17) is 0 Å². The zero-order valence-corrected chi connectivity index (χ0v) is 11.6. The van der Waals surface area contributed by atoms with Gasteiger partial charge >= 0.3 is 0 Å². The molecule has 3 heteroatoms. The molecule has 1 N–H and O–H groups in total. The summed E-state index contributed by atoms with van der Waals surface area (Å²) in [6.07, 6.45) is 5.16. The maximum Gasteiger partial charge on any atom is 0.123 e. The van der Waals surface area contributed by atoms with Gasteiger partial charge < -0.3 is 5.32 Å². The Morgan fingerprint density at radius 2 is 2.21 bits per heavy atom. The summed E-state index contributed by atoms with van der Waals surface area (Å²) in [6, 6.07) is 8.71. The Labute approximate surface area is 115 Å². The number of hydrogen-bond acceptors (Lipinski definition) is 2. The molecule has 0 amide bonds. The molecule has 1 aliphatic carbocycles. The second kappa shape index (κ2) is 5.59. The van der Waals surface area contributed by atoms with Crippen LogP contribution in [0, 0.1) is 5.82 Å². The number of halogens is 1. The van der Waals surface area contributed by atoms with Crippen LogP contribution in [0.25, 0.3) is 0 Å². The Balaban J connectivity index is 1.71. The molecule has 19 heavy (non-hydrogen) atoms. The van der Waals surface area contributed by atoms with E-state index in [-0.39, 0.29) is 5.82 Å². The van der Waals surface area contributed by atoms with Crippen LogP contribution in [0.2, 0.25) is 0 Å². The van der Waals surface area contributed by atoms with Crippen molar-refractivity contribution in [1.29, 1.82) is 0 Å². The van der Waals surface area contributed by atoms with Gasteiger partial charge in [-0.2, -0.15) is 0 Å². The summed E-state index contributed by atoms with van der Waals surface area (Å²) in [5.41, 5.74) is 1.10. The molecular weight excluding hydrogens is 239 g/mol. The summed E-state index contributed by atoms with van der Waals surface area (Å²) in [4.78, 5) is 2.57. The standard InChI is InChI=1S/C16H23FN2/c1-12(13-4-2-5-14(17)10-13)19(16-7-8-16)11-15-6-3-9-18-15/h2,4-5,10,12,15-16,18H,3,6-9,11H2,1H3. The predicted molar refractivity (Wildman–Crippen MR) is 75.6 cm³/mol. The summed E-state index contributed by atoms with van der Waals surface area (Å²) >= 11 is 0. The largest absolute Gasteiger partial charge is 0.313 e. The Hall–Kier alpha value is -0.930. The molecule has 1 aromatic rings. The highest BCUT2D eigenvalue weighted by Crippen LogP contribution is 2.35. The highest BCUT2D eigenvalue weighted by atomic mass is 19.1. The van der Waals surface area contributed by atoms with E-state index in [2.05, 4.69) is 17.1 Å². The molecular formula is C16H23FN2. The SMILES string of the molecule is CC(c1cccc(F)c1)N(CC1CCCN1)C1CC1. The van der Waals surface area contributed by atoms with Crippen LogP contribution < -0.4 is 5.32 Å². The fourth-order valence-electron chi connectivity index (χ4n) is 3.15. The molecule has 104 valence electrons. The lowest BCUT2D eigenvalue weighted by molar-refractivity contribution is 0.182. The lowest BCUT2D eigenvalue weighted by atomic mass is 10.1. The lowest BCUT2D eigenvalue weighted by Gasteiger charge is -2.32. The van der Waals surface area contributed by atoms with E-state index in [1.807, 2.05) is 12.1 Å². The Bertz CT molecular complexity index is 425. The highest BCUT2D eigenvalue weighted by Gasteiger charge is 2.34. The first-order chi connectivity index (χ1) is 9.24. The van der Waals surface area contributed by atoms with Gasteiger partial charge in [0, 0.05) is 24.7 Å². The van der Waals surface area contributed by atoms with E-state index in [9.17, 15) is 4.39 Å². The van der Waals surface area contributed by atoms with Crippen molar-refractivity contribution in [2.75, 3.05) is 13.1 Å². The van der Waals surface area contributed by atoms with Crippen molar-refractivity contribution in [2.45, 2.75) is 50.7 Å². The average Bonchev–Trinajstić information content (AvgIpc) is 3.12. The van der Waals surface area contributed by atoms with Crippen molar-refractivity contribution in [3.05, 3.63) is 35.6 Å². The summed E-state index contributed by atoms with van der Waals surface area (Å²) in [6.45, 7) is 4.46. The quantitative estimate of drug-likeness (QED) is 0.877. The minimum atomic E-state index is -0.126. The van der Waals surface area contributed by atoms with Gasteiger partial charge in [-0.25, -0.2) is 4.39 Å². The molecule has 1 saturated heterocycles. The van der Waals surface area contributed by atoms with Gasteiger partial charge in [0.05, 0.1) is 0 Å². The van der Waals surface area contributed by atoms with Crippen LogP contribution in [0.15, 0.2) is 24.3 Å². The summed E-state index contributed by atoms with van der Waals surface area (Å²) in [7, 11) is 0. The summed E-state index contributed by atoms with van der Waals surface area (Å²) in [5.74, 6) is -0.126. The highest BCUT2D eigenvalue weighted by molar-refractivity contribution is 5.20. The van der Waals surface area contributed by atoms with E-state index in [0.717, 1.165) is 18.7 Å². The van der Waals surface area contributed by atoms with E-state index < -0.39 is 0 Å². The van der Waals surface area contributed by atoms with Crippen LogP contribution in [0.1, 0.15) is 44.2 Å². The molecule has 2 unspecified atom stereocenters. The zero-order chi connectivity index (χ0) is 13.2. The van der Waals surface area contributed by atoms with Crippen molar-refractivity contribution in [3.8, 4) is 0 Å². The van der Waals surface area contributed by atoms with Gasteiger partial charge in [-0.3, -0.25) is 4.90 Å². The van der Waals surface area contributed by atoms with Gasteiger partial charge in [-0.15, -0.1) is 0 Å². The Morgan fingerprint density at radius 3 is 2.84 bits per heavy atom. The molecule has 0 radical (unpaired) electrons. The van der Waals surface area contributed by atoms with Gasteiger partial charge in [0.25, 0.3) is 0 Å². The van der Waals surface area contributed by atoms with E-state index in [1.165, 1.54) is 31.7 Å². The smallest absolute Gasteiger partial charge is 0.123 e. The molecule has 2 nitrogen and oxygen atoms in total. The second-order valence-electron chi connectivity index (χ2n) is 5.95. The van der Waals surface area contributed by atoms with Gasteiger partial charge in [0.1, 0.15) is 5.82 Å². The molecule has 1 saturated carbocycles. The number of benzene rings is 1. The van der Waals surface area contributed by atoms with Crippen molar-refractivity contribution in [1.82, 2.24) is 10.2 Å². The van der Waals surface area contributed by atoms with Crippen LogP contribution in [-0.2, 0) is 0 Å². The first-order valence-electron chi connectivity index (χ1n) is 7.48. The molecule has 1 heterocycles. The van der Waals surface area contributed by atoms with Crippen molar-refractivity contribution >= 4 is 0 Å². The Morgan fingerprint density at radius 1 is 1.37 bits per heavy atom. The maximum atomic E-state index is 13.4. The molecule has 2 aliphatic rings. The first-order valence-corrected chi connectivity index (χ1v) is 7.48. The van der Waals surface area contributed by atoms with Crippen molar-refractivity contribution in [2.24, 2.45) is 0 Å². The third-order valence-corrected chi connectivity index (χ3v) is 4.44. The van der Waals surface area contributed by atoms with Gasteiger partial charge in [0.2, 0.25) is 0 Å². The first kappa shape index (κ1) is 13.1. The van der Waals surface area contributed by atoms with E-state index in [0.29, 0.717) is 18.1 Å². The van der Waals surface area contributed by atoms with E-state index in [1.54, 1.807) is 6.07 Å². The van der Waals surface area contributed by atoms with Gasteiger partial charge in [-0.1, -0.05) is 12.1 Å². The third kappa shape index (κ3) is 3.15. The predicted octanol–water partition coefficient (Wildman–Crippen LogP) is 3.10. The molecule has 2 atom stereocenters. The number of nitrogens with zero attached hydrogens (tertiary/aromatic N) is 1. The van der Waals surface area contributed by atoms with Gasteiger partial charge in [-0.05, 0) is 56.8 Å². The van der Waals surface area contributed by atoms with Crippen LogP contribution in [-0.4, -0.2) is 30.1 Å². The van der Waals surface area contributed by atoms with Crippen LogP contribution in [0.3, 0.4) is 0 Å². The normalized spacial score (nSPS) is 24.9. The maximum absolute atomic E-state index is 13.4. The minimum Gasteiger partial charge on any atom is -0.313 e. The van der Waals surface area contributed by atoms with Crippen LogP contribution in [0.4, 0.5) is 4.39 Å². The van der Waals surface area contributed by atoms with Crippen LogP contribution >= 0.6 is 0 Å². The number of hydrogen-bond donors (Lipinski definition) is 1. The van der Waals surface area contributed by atoms with Crippen molar-refractivity contribution < 1.29 is 4.39 Å². The van der Waals surface area contributed by atoms with E-state index >= 15 is 0 Å². The molecule has 0 bridgehead atoms. The second-order valence-corrected chi connectivity index (χ2v) is 5.95. The molecule has 0 spiro atoms. The van der Waals surface area contributed by atoms with Gasteiger partial charge in [0.15, 0.2) is 0 Å². The number of rotatable bonds is 5. The third-order valence-electron chi connectivity index (χ3n) is 4.44. The summed E-state index contributed by atoms with van der Waals surface area (Å²) in [5, 5.41) is 3.57. The van der Waals surface area contributed by atoms with Crippen LogP contribution in [0.5, 0.6) is 0 Å². The molecule has 0 aromatic heterocycles. The average molecular weight is 262 g/mol. The molecule has 1 aromatic carbocycles. The molecule has 3 rings (SSSR count). The molecule has 1 aliphatic heterocycles. The fraction of sp³-hybridized carbons (Fsp3) is 0.625. The topological polar surface area (TPSA) is 15.3 Å². The fourth-order valence-corrected chi connectivity index (χ4v) is 3.15. The molecule has 2 fully saturated rings. The lowest BCUT2D eigenvalue weighted by Crippen LogP contribution is -2.40. The monoisotopic (exact) mass is 262 g/mol. The summed E-state index contributed by atoms with van der Waals surface area (Å²) < 4.78 is 13.4. The zero-order valence-electron chi connectivity index (χ0n) is 11.6. The minimum absolute atomic E-state index is 0.126.